The van der Waals surface area contributed by atoms with E-state index in [0.717, 1.165) is 57.5 Å². The van der Waals surface area contributed by atoms with E-state index in [1.54, 1.807) is 0 Å². The summed E-state index contributed by atoms with van der Waals surface area (Å²) in [6.07, 6.45) is 2.98. The van der Waals surface area contributed by atoms with Gasteiger partial charge in [0.15, 0.2) is 5.96 Å². The van der Waals surface area contributed by atoms with Gasteiger partial charge in [-0.15, -0.1) is 0 Å². The maximum Gasteiger partial charge on any atom is 0.191 e. The topological polar surface area (TPSA) is 55.8 Å². The third-order valence-electron chi connectivity index (χ3n) is 4.63. The van der Waals surface area contributed by atoms with Gasteiger partial charge in [-0.25, -0.2) is 4.98 Å². The number of pyridine rings is 1. The lowest BCUT2D eigenvalue weighted by molar-refractivity contribution is 0.270. The second kappa shape index (κ2) is 9.47. The number of piperazine rings is 1. The third kappa shape index (κ3) is 5.37. The number of hydrogen-bond acceptors (Lipinski definition) is 4. The number of guanidine groups is 1. The van der Waals surface area contributed by atoms with Crippen molar-refractivity contribution in [2.75, 3.05) is 44.7 Å². The highest BCUT2D eigenvalue weighted by Crippen LogP contribution is 2.15. The molecule has 1 aliphatic rings. The SMILES string of the molecule is CCC(C)NC(=NC)NCc1ccnc(N2CCN(CC)CC2)c1. The average Bonchev–Trinajstić information content (AvgIpc) is 2.65. The maximum atomic E-state index is 4.56. The number of likely N-dealkylation sites (N-methyl/N-ethyl adjacent to an activating group) is 1. The summed E-state index contributed by atoms with van der Waals surface area (Å²) >= 11 is 0. The molecule has 6 nitrogen and oxygen atoms in total. The van der Waals surface area contributed by atoms with E-state index < -0.39 is 0 Å². The van der Waals surface area contributed by atoms with Crippen LogP contribution in [-0.2, 0) is 6.54 Å². The first-order valence-corrected chi connectivity index (χ1v) is 9.05. The van der Waals surface area contributed by atoms with E-state index in [1.165, 1.54) is 5.56 Å². The lowest BCUT2D eigenvalue weighted by atomic mass is 10.2. The molecule has 0 saturated carbocycles. The molecular weight excluding hydrogens is 300 g/mol. The van der Waals surface area contributed by atoms with Crippen molar-refractivity contribution in [2.24, 2.45) is 4.99 Å². The van der Waals surface area contributed by atoms with Crippen molar-refractivity contribution in [3.8, 4) is 0 Å². The van der Waals surface area contributed by atoms with Crippen LogP contribution < -0.4 is 15.5 Å². The standard InChI is InChI=1S/C18H32N6/c1-5-15(3)22-18(19-4)21-14-16-7-8-20-17(13-16)24-11-9-23(6-2)10-12-24/h7-8,13,15H,5-6,9-12,14H2,1-4H3,(H2,19,21,22). The van der Waals surface area contributed by atoms with Crippen molar-refractivity contribution < 1.29 is 0 Å². The van der Waals surface area contributed by atoms with Crippen LogP contribution in [-0.4, -0.2) is 61.7 Å². The molecule has 24 heavy (non-hydrogen) atoms. The molecule has 0 amide bonds. The lowest BCUT2D eigenvalue weighted by Gasteiger charge is -2.34. The molecule has 6 heteroatoms. The molecule has 0 radical (unpaired) electrons. The van der Waals surface area contributed by atoms with Crippen molar-refractivity contribution in [2.45, 2.75) is 39.8 Å². The Hall–Kier alpha value is -1.82. The molecule has 0 spiro atoms. The largest absolute Gasteiger partial charge is 0.354 e. The Kier molecular flexibility index (Phi) is 7.31. The minimum atomic E-state index is 0.416. The van der Waals surface area contributed by atoms with Gasteiger partial charge in [0, 0.05) is 52.0 Å². The summed E-state index contributed by atoms with van der Waals surface area (Å²) in [4.78, 5) is 13.7. The van der Waals surface area contributed by atoms with Crippen LogP contribution in [0.4, 0.5) is 5.82 Å². The molecule has 1 saturated heterocycles. The number of anilines is 1. The van der Waals surface area contributed by atoms with E-state index in [4.69, 9.17) is 0 Å². The molecule has 1 fully saturated rings. The zero-order valence-corrected chi connectivity index (χ0v) is 15.5. The number of aromatic nitrogens is 1. The van der Waals surface area contributed by atoms with E-state index in [-0.39, 0.29) is 0 Å². The zero-order valence-electron chi connectivity index (χ0n) is 15.5. The quantitative estimate of drug-likeness (QED) is 0.613. The Morgan fingerprint density at radius 1 is 1.29 bits per heavy atom. The van der Waals surface area contributed by atoms with Crippen molar-refractivity contribution in [1.29, 1.82) is 0 Å². The fraction of sp³-hybridized carbons (Fsp3) is 0.667. The molecule has 1 aromatic rings. The fourth-order valence-electron chi connectivity index (χ4n) is 2.75. The van der Waals surface area contributed by atoms with Crippen LogP contribution >= 0.6 is 0 Å². The van der Waals surface area contributed by atoms with Gasteiger partial charge in [0.1, 0.15) is 5.82 Å². The fourth-order valence-corrected chi connectivity index (χ4v) is 2.75. The van der Waals surface area contributed by atoms with E-state index in [9.17, 15) is 0 Å². The number of aliphatic imine (C=N–C) groups is 1. The molecule has 1 aromatic heterocycles. The second-order valence-corrected chi connectivity index (χ2v) is 6.32. The number of nitrogens with zero attached hydrogens (tertiary/aromatic N) is 4. The van der Waals surface area contributed by atoms with Gasteiger partial charge in [-0.3, -0.25) is 4.99 Å². The van der Waals surface area contributed by atoms with Gasteiger partial charge in [0.2, 0.25) is 0 Å². The maximum absolute atomic E-state index is 4.56. The van der Waals surface area contributed by atoms with Crippen LogP contribution in [0, 0.1) is 0 Å². The summed E-state index contributed by atoms with van der Waals surface area (Å²) in [7, 11) is 1.81. The highest BCUT2D eigenvalue weighted by Gasteiger charge is 2.16. The van der Waals surface area contributed by atoms with Crippen LogP contribution in [0.5, 0.6) is 0 Å². The molecule has 0 bridgehead atoms. The molecular formula is C18H32N6. The van der Waals surface area contributed by atoms with Gasteiger partial charge in [0.05, 0.1) is 0 Å². The van der Waals surface area contributed by atoms with Gasteiger partial charge >= 0.3 is 0 Å². The Morgan fingerprint density at radius 2 is 2.04 bits per heavy atom. The Balaban J connectivity index is 1.91. The van der Waals surface area contributed by atoms with Crippen LogP contribution in [0.1, 0.15) is 32.8 Å². The summed E-state index contributed by atoms with van der Waals surface area (Å²) in [5.41, 5.74) is 1.23. The van der Waals surface area contributed by atoms with Crippen LogP contribution in [0.3, 0.4) is 0 Å². The first kappa shape index (κ1) is 18.5. The molecule has 1 aliphatic heterocycles. The van der Waals surface area contributed by atoms with Crippen LogP contribution in [0.15, 0.2) is 23.3 Å². The van der Waals surface area contributed by atoms with Crippen molar-refractivity contribution in [3.05, 3.63) is 23.9 Å². The molecule has 1 unspecified atom stereocenters. The van der Waals surface area contributed by atoms with E-state index in [1.807, 2.05) is 13.2 Å². The van der Waals surface area contributed by atoms with Gasteiger partial charge in [-0.2, -0.15) is 0 Å². The molecule has 1 atom stereocenters. The summed E-state index contributed by atoms with van der Waals surface area (Å²) < 4.78 is 0. The van der Waals surface area contributed by atoms with E-state index in [0.29, 0.717) is 6.04 Å². The molecule has 2 N–H and O–H groups in total. The first-order valence-electron chi connectivity index (χ1n) is 9.05. The lowest BCUT2D eigenvalue weighted by Crippen LogP contribution is -2.46. The van der Waals surface area contributed by atoms with E-state index >= 15 is 0 Å². The zero-order chi connectivity index (χ0) is 17.4. The highest BCUT2D eigenvalue weighted by molar-refractivity contribution is 5.79. The summed E-state index contributed by atoms with van der Waals surface area (Å²) in [5, 5.41) is 6.76. The molecule has 0 aliphatic carbocycles. The Morgan fingerprint density at radius 3 is 2.67 bits per heavy atom. The number of rotatable bonds is 6. The Labute approximate surface area is 146 Å². The van der Waals surface area contributed by atoms with Crippen molar-refractivity contribution >= 4 is 11.8 Å². The Bertz CT molecular complexity index is 522. The smallest absolute Gasteiger partial charge is 0.191 e. The first-order chi connectivity index (χ1) is 11.7. The number of nitrogens with one attached hydrogen (secondary N) is 2. The predicted molar refractivity (Wildman–Crippen MR) is 102 cm³/mol. The summed E-state index contributed by atoms with van der Waals surface area (Å²) in [5.74, 6) is 1.93. The second-order valence-electron chi connectivity index (χ2n) is 6.32. The average molecular weight is 332 g/mol. The van der Waals surface area contributed by atoms with Crippen molar-refractivity contribution in [1.82, 2.24) is 20.5 Å². The summed E-state index contributed by atoms with van der Waals surface area (Å²) in [6.45, 7) is 12.8. The number of hydrogen-bond donors (Lipinski definition) is 2. The van der Waals surface area contributed by atoms with Gasteiger partial charge in [0.25, 0.3) is 0 Å². The normalized spacial score (nSPS) is 17.7. The minimum Gasteiger partial charge on any atom is -0.354 e. The van der Waals surface area contributed by atoms with Gasteiger partial charge in [-0.05, 0) is 37.6 Å². The van der Waals surface area contributed by atoms with Crippen LogP contribution in [0.2, 0.25) is 0 Å². The van der Waals surface area contributed by atoms with Gasteiger partial charge in [-0.1, -0.05) is 13.8 Å². The highest BCUT2D eigenvalue weighted by atomic mass is 15.3. The monoisotopic (exact) mass is 332 g/mol. The summed E-state index contributed by atoms with van der Waals surface area (Å²) in [6, 6.07) is 4.67. The van der Waals surface area contributed by atoms with Crippen molar-refractivity contribution in [3.63, 3.8) is 0 Å². The van der Waals surface area contributed by atoms with E-state index in [2.05, 4.69) is 63.3 Å². The van der Waals surface area contributed by atoms with Crippen LogP contribution in [0.25, 0.3) is 0 Å². The van der Waals surface area contributed by atoms with Gasteiger partial charge < -0.3 is 20.4 Å². The molecule has 2 rings (SSSR count). The molecule has 134 valence electrons. The predicted octanol–water partition coefficient (Wildman–Crippen LogP) is 1.69. The molecule has 0 aromatic carbocycles. The minimum absolute atomic E-state index is 0.416. The third-order valence-corrected chi connectivity index (χ3v) is 4.63. The molecule has 2 heterocycles.